The molecule has 1 aromatic heterocycles. The summed E-state index contributed by atoms with van der Waals surface area (Å²) in [5, 5.41) is 14.8. The van der Waals surface area contributed by atoms with E-state index in [-0.39, 0.29) is 24.0 Å². The van der Waals surface area contributed by atoms with Gasteiger partial charge in [0.1, 0.15) is 11.6 Å². The number of hydrogen-bond donors (Lipinski definition) is 2. The molecule has 0 radical (unpaired) electrons. The van der Waals surface area contributed by atoms with E-state index in [1.165, 1.54) is 11.8 Å². The van der Waals surface area contributed by atoms with Crippen LogP contribution in [0.1, 0.15) is 12.7 Å². The third-order valence-electron chi connectivity index (χ3n) is 4.23. The number of amides is 2. The van der Waals surface area contributed by atoms with E-state index < -0.39 is 0 Å². The number of thioether (sulfide) groups is 1. The minimum absolute atomic E-state index is 0.0564. The predicted octanol–water partition coefficient (Wildman–Crippen LogP) is 4.54. The highest BCUT2D eigenvalue weighted by Gasteiger charge is 2.15. The van der Waals surface area contributed by atoms with Gasteiger partial charge in [-0.15, -0.1) is 10.2 Å². The number of nitrogens with zero attached hydrogens (tertiary/aromatic N) is 3. The van der Waals surface area contributed by atoms with Gasteiger partial charge in [-0.1, -0.05) is 23.4 Å². The first-order chi connectivity index (χ1) is 15.4. The van der Waals surface area contributed by atoms with Gasteiger partial charge < -0.3 is 19.9 Å². The van der Waals surface area contributed by atoms with Gasteiger partial charge in [-0.05, 0) is 65.3 Å². The van der Waals surface area contributed by atoms with Crippen molar-refractivity contribution in [1.29, 1.82) is 0 Å². The lowest BCUT2D eigenvalue weighted by atomic mass is 10.3. The molecule has 0 saturated carbocycles. The lowest BCUT2D eigenvalue weighted by Gasteiger charge is -2.08. The Kier molecular flexibility index (Phi) is 8.54. The van der Waals surface area contributed by atoms with Crippen molar-refractivity contribution in [2.45, 2.75) is 18.5 Å². The van der Waals surface area contributed by atoms with Crippen molar-refractivity contribution in [2.75, 3.05) is 23.0 Å². The number of rotatable bonds is 9. The fourth-order valence-corrected chi connectivity index (χ4v) is 3.83. The molecule has 8 nitrogen and oxygen atoms in total. The van der Waals surface area contributed by atoms with Crippen LogP contribution in [0.2, 0.25) is 5.02 Å². The number of aromatic nitrogens is 3. The predicted molar refractivity (Wildman–Crippen MR) is 129 cm³/mol. The largest absolute Gasteiger partial charge is 0.494 e. The van der Waals surface area contributed by atoms with Gasteiger partial charge in [-0.3, -0.25) is 9.59 Å². The molecule has 0 aliphatic carbocycles. The van der Waals surface area contributed by atoms with Gasteiger partial charge in [-0.2, -0.15) is 0 Å². The minimum Gasteiger partial charge on any atom is -0.494 e. The first-order valence-corrected chi connectivity index (χ1v) is 11.8. The van der Waals surface area contributed by atoms with Gasteiger partial charge in [0.25, 0.3) is 0 Å². The van der Waals surface area contributed by atoms with Crippen LogP contribution >= 0.6 is 39.3 Å². The van der Waals surface area contributed by atoms with Crippen molar-refractivity contribution in [3.8, 4) is 5.75 Å². The lowest BCUT2D eigenvalue weighted by molar-refractivity contribution is -0.116. The second-order valence-corrected chi connectivity index (χ2v) is 8.81. The minimum atomic E-state index is -0.217. The van der Waals surface area contributed by atoms with Crippen molar-refractivity contribution in [1.82, 2.24) is 14.8 Å². The Bertz CT molecular complexity index is 1110. The number of benzene rings is 2. The molecule has 168 valence electrons. The third-order valence-corrected chi connectivity index (χ3v) is 6.48. The average molecular weight is 539 g/mol. The molecule has 3 rings (SSSR count). The molecule has 0 aliphatic heterocycles. The van der Waals surface area contributed by atoms with Gasteiger partial charge in [0.2, 0.25) is 11.8 Å². The molecular weight excluding hydrogens is 518 g/mol. The molecule has 11 heteroatoms. The van der Waals surface area contributed by atoms with Crippen LogP contribution in [-0.4, -0.2) is 38.9 Å². The summed E-state index contributed by atoms with van der Waals surface area (Å²) in [4.78, 5) is 24.6. The summed E-state index contributed by atoms with van der Waals surface area (Å²) >= 11 is 10.6. The van der Waals surface area contributed by atoms with Crippen LogP contribution in [0.25, 0.3) is 0 Å². The molecule has 1 heterocycles. The number of anilines is 2. The van der Waals surface area contributed by atoms with E-state index in [0.717, 1.165) is 10.2 Å². The van der Waals surface area contributed by atoms with E-state index in [9.17, 15) is 9.59 Å². The van der Waals surface area contributed by atoms with E-state index in [0.29, 0.717) is 34.0 Å². The second-order valence-electron chi connectivity index (χ2n) is 6.61. The van der Waals surface area contributed by atoms with Gasteiger partial charge in [0, 0.05) is 22.9 Å². The van der Waals surface area contributed by atoms with Crippen LogP contribution in [0.5, 0.6) is 5.75 Å². The third kappa shape index (κ3) is 6.72. The normalized spacial score (nSPS) is 10.6. The van der Waals surface area contributed by atoms with E-state index in [1.54, 1.807) is 54.1 Å². The SMILES string of the molecule is CCOc1ccc(NC(=O)Cc2nnc(SCC(=O)Nc3ccc(Br)c(Cl)c3)n2C)cc1. The summed E-state index contributed by atoms with van der Waals surface area (Å²) in [6.07, 6.45) is 0.0564. The molecule has 2 amide bonds. The van der Waals surface area contributed by atoms with Crippen LogP contribution < -0.4 is 15.4 Å². The summed E-state index contributed by atoms with van der Waals surface area (Å²) in [6.45, 7) is 2.49. The zero-order valence-electron chi connectivity index (χ0n) is 17.4. The molecular formula is C21H21BrClN5O3S. The van der Waals surface area contributed by atoms with Gasteiger partial charge in [0.15, 0.2) is 5.16 Å². The highest BCUT2D eigenvalue weighted by molar-refractivity contribution is 9.10. The number of hydrogen-bond acceptors (Lipinski definition) is 6. The van der Waals surface area contributed by atoms with E-state index >= 15 is 0 Å². The maximum absolute atomic E-state index is 12.4. The van der Waals surface area contributed by atoms with Crippen molar-refractivity contribution >= 4 is 62.5 Å². The van der Waals surface area contributed by atoms with Crippen molar-refractivity contribution < 1.29 is 14.3 Å². The van der Waals surface area contributed by atoms with Gasteiger partial charge in [-0.25, -0.2) is 0 Å². The van der Waals surface area contributed by atoms with Crippen molar-refractivity contribution in [2.24, 2.45) is 7.05 Å². The molecule has 3 aromatic rings. The zero-order valence-corrected chi connectivity index (χ0v) is 20.6. The van der Waals surface area contributed by atoms with Crippen LogP contribution in [0.15, 0.2) is 52.1 Å². The average Bonchev–Trinajstić information content (AvgIpc) is 3.10. The van der Waals surface area contributed by atoms with E-state index in [4.69, 9.17) is 16.3 Å². The molecule has 0 aliphatic rings. The maximum atomic E-state index is 12.4. The monoisotopic (exact) mass is 537 g/mol. The van der Waals surface area contributed by atoms with Crippen LogP contribution in [0.3, 0.4) is 0 Å². The Morgan fingerprint density at radius 1 is 1.09 bits per heavy atom. The molecule has 2 N–H and O–H groups in total. The Morgan fingerprint density at radius 2 is 1.78 bits per heavy atom. The Morgan fingerprint density at radius 3 is 2.47 bits per heavy atom. The quantitative estimate of drug-likeness (QED) is 0.388. The topological polar surface area (TPSA) is 98.1 Å². The first kappa shape index (κ1) is 24.1. The van der Waals surface area contributed by atoms with E-state index in [1.807, 2.05) is 6.92 Å². The fourth-order valence-electron chi connectivity index (χ4n) is 2.68. The number of nitrogens with one attached hydrogen (secondary N) is 2. The fraction of sp³-hybridized carbons (Fsp3) is 0.238. The molecule has 32 heavy (non-hydrogen) atoms. The molecule has 0 unspecified atom stereocenters. The first-order valence-electron chi connectivity index (χ1n) is 9.64. The number of carbonyl (C=O) groups is 2. The summed E-state index contributed by atoms with van der Waals surface area (Å²) in [5.41, 5.74) is 1.27. The van der Waals surface area contributed by atoms with Gasteiger partial charge in [0.05, 0.1) is 23.8 Å². The maximum Gasteiger partial charge on any atom is 0.234 e. The summed E-state index contributed by atoms with van der Waals surface area (Å²) in [7, 11) is 1.76. The highest BCUT2D eigenvalue weighted by Crippen LogP contribution is 2.26. The standard InChI is InChI=1S/C21H21BrClN5O3S/c1-3-31-15-7-4-13(5-8-15)24-19(29)11-18-26-27-21(28(18)2)32-12-20(30)25-14-6-9-16(22)17(23)10-14/h4-10H,3,11-12H2,1-2H3,(H,24,29)(H,25,30). The van der Waals surface area contributed by atoms with Crippen LogP contribution in [0.4, 0.5) is 11.4 Å². The Balaban J connectivity index is 1.51. The smallest absolute Gasteiger partial charge is 0.234 e. The molecule has 0 spiro atoms. The number of halogens is 2. The molecule has 0 saturated heterocycles. The number of ether oxygens (including phenoxy) is 1. The Hall–Kier alpha value is -2.56. The van der Waals surface area contributed by atoms with Crippen molar-refractivity contribution in [3.63, 3.8) is 0 Å². The summed E-state index contributed by atoms with van der Waals surface area (Å²) in [6, 6.07) is 12.3. The lowest BCUT2D eigenvalue weighted by Crippen LogP contribution is -2.17. The summed E-state index contributed by atoms with van der Waals surface area (Å²) in [5.74, 6) is 0.957. The van der Waals surface area contributed by atoms with Gasteiger partial charge >= 0.3 is 0 Å². The second kappa shape index (κ2) is 11.3. The van der Waals surface area contributed by atoms with Crippen LogP contribution in [0, 0.1) is 0 Å². The highest BCUT2D eigenvalue weighted by atomic mass is 79.9. The molecule has 0 fully saturated rings. The Labute approximate surface area is 203 Å². The van der Waals surface area contributed by atoms with Crippen LogP contribution in [-0.2, 0) is 23.1 Å². The number of carbonyl (C=O) groups excluding carboxylic acids is 2. The zero-order chi connectivity index (χ0) is 23.1. The molecule has 2 aromatic carbocycles. The summed E-state index contributed by atoms with van der Waals surface area (Å²) < 4.78 is 7.84. The molecule has 0 atom stereocenters. The van der Waals surface area contributed by atoms with E-state index in [2.05, 4.69) is 36.8 Å². The van der Waals surface area contributed by atoms with Crippen molar-refractivity contribution in [3.05, 3.63) is 57.8 Å². The molecule has 0 bridgehead atoms.